The van der Waals surface area contributed by atoms with Gasteiger partial charge >= 0.3 is 0 Å². The van der Waals surface area contributed by atoms with Gasteiger partial charge in [0.05, 0.1) is 12.3 Å². The molecule has 0 radical (unpaired) electrons. The van der Waals surface area contributed by atoms with E-state index in [1.54, 1.807) is 6.20 Å². The Morgan fingerprint density at radius 2 is 2.03 bits per heavy atom. The fourth-order valence-corrected chi connectivity index (χ4v) is 5.71. The third-order valence-electron chi connectivity index (χ3n) is 6.52. The second-order valence-electron chi connectivity index (χ2n) is 9.73. The molecule has 0 aliphatic heterocycles. The Hall–Kier alpha value is -3.30. The van der Waals surface area contributed by atoms with Gasteiger partial charge in [-0.05, 0) is 77.1 Å². The summed E-state index contributed by atoms with van der Waals surface area (Å²) in [7, 11) is -1.68. The molecule has 1 aliphatic rings. The lowest BCUT2D eigenvalue weighted by atomic mass is 9.91. The molecule has 0 saturated heterocycles. The van der Waals surface area contributed by atoms with Gasteiger partial charge in [0.1, 0.15) is 17.3 Å². The Kier molecular flexibility index (Phi) is 7.00. The Labute approximate surface area is 218 Å². The number of aliphatic hydroxyl groups is 1. The standard InChI is InChI=1S/C29H33N3O4S/c1-4-36-26-15-14-20-9-5-6-12-23(20)27(26)29(33)31-18-25(24-13-8-16-30-28(24)31)21-10-7-11-22(17-21)32(34)19-37(2,3)35/h5,7-11,13-18,29,33-35H,4,6,12,19H2,1-3H3/p+1. The van der Waals surface area contributed by atoms with Crippen molar-refractivity contribution in [3.63, 3.8) is 0 Å². The largest absolute Gasteiger partial charge is 0.493 e. The van der Waals surface area contributed by atoms with Crippen LogP contribution < -0.4 is 9.80 Å². The number of benzene rings is 2. The van der Waals surface area contributed by atoms with E-state index in [1.807, 2.05) is 72.7 Å². The molecule has 1 atom stereocenters. The maximum absolute atomic E-state index is 11.8. The van der Waals surface area contributed by atoms with Gasteiger partial charge in [-0.2, -0.15) is 0 Å². The van der Waals surface area contributed by atoms with Crippen LogP contribution in [0.3, 0.4) is 0 Å². The average Bonchev–Trinajstić information content (AvgIpc) is 3.27. The minimum atomic E-state index is -1.68. The Morgan fingerprint density at radius 3 is 2.81 bits per heavy atom. The summed E-state index contributed by atoms with van der Waals surface area (Å²) < 4.78 is 16.0. The number of hydroxylamine groups is 1. The van der Waals surface area contributed by atoms with E-state index in [4.69, 9.17) is 9.29 Å². The van der Waals surface area contributed by atoms with Crippen molar-refractivity contribution < 1.29 is 19.6 Å². The highest BCUT2D eigenvalue weighted by molar-refractivity contribution is 8.28. The number of rotatable bonds is 8. The zero-order valence-corrected chi connectivity index (χ0v) is 22.2. The summed E-state index contributed by atoms with van der Waals surface area (Å²) in [6.45, 7) is 2.45. The number of anilines is 1. The fourth-order valence-electron chi connectivity index (χ4n) is 4.95. The van der Waals surface area contributed by atoms with Crippen LogP contribution in [-0.4, -0.2) is 49.4 Å². The predicted molar refractivity (Wildman–Crippen MR) is 153 cm³/mol. The molecule has 4 N–H and O–H groups in total. The van der Waals surface area contributed by atoms with Gasteiger partial charge in [0.25, 0.3) is 0 Å². The molecule has 0 fully saturated rings. The number of nitrogens with zero attached hydrogens (tertiary/aromatic N) is 3. The highest BCUT2D eigenvalue weighted by atomic mass is 32.3. The number of hydrogen-bond donors (Lipinski definition) is 2. The van der Waals surface area contributed by atoms with Gasteiger partial charge in [0.15, 0.2) is 6.23 Å². The molecule has 0 spiro atoms. The molecule has 37 heavy (non-hydrogen) atoms. The molecular formula is C29H34N3O4S+. The van der Waals surface area contributed by atoms with E-state index in [2.05, 4.69) is 23.2 Å². The third kappa shape index (κ3) is 5.10. The maximum Gasteiger partial charge on any atom is 0.162 e. The first-order valence-electron chi connectivity index (χ1n) is 12.4. The van der Waals surface area contributed by atoms with Gasteiger partial charge in [0, 0.05) is 41.4 Å². The lowest BCUT2D eigenvalue weighted by molar-refractivity contribution is 0.144. The van der Waals surface area contributed by atoms with Gasteiger partial charge in [-0.25, -0.2) is 10.0 Å². The van der Waals surface area contributed by atoms with Gasteiger partial charge in [-0.1, -0.05) is 30.4 Å². The molecule has 2 aromatic carbocycles. The van der Waals surface area contributed by atoms with E-state index in [1.165, 1.54) is 0 Å². The lowest BCUT2D eigenvalue weighted by Crippen LogP contribution is -2.23. The summed E-state index contributed by atoms with van der Waals surface area (Å²) in [5, 5.41) is 24.5. The summed E-state index contributed by atoms with van der Waals surface area (Å²) >= 11 is 0. The van der Waals surface area contributed by atoms with E-state index < -0.39 is 16.5 Å². The first-order valence-corrected chi connectivity index (χ1v) is 15.0. The molecule has 2 heterocycles. The van der Waals surface area contributed by atoms with E-state index >= 15 is 0 Å². The quantitative estimate of drug-likeness (QED) is 0.238. The van der Waals surface area contributed by atoms with Crippen LogP contribution in [0.1, 0.15) is 36.3 Å². The Morgan fingerprint density at radius 1 is 1.19 bits per heavy atom. The molecule has 4 aromatic rings. The van der Waals surface area contributed by atoms with E-state index in [-0.39, 0.29) is 5.88 Å². The van der Waals surface area contributed by atoms with Crippen LogP contribution in [0.2, 0.25) is 0 Å². The van der Waals surface area contributed by atoms with Crippen LogP contribution in [0.4, 0.5) is 5.69 Å². The topological polar surface area (TPSA) is 93.6 Å². The average molecular weight is 521 g/mol. The molecule has 0 bridgehead atoms. The summed E-state index contributed by atoms with van der Waals surface area (Å²) in [5.41, 5.74) is 6.05. The van der Waals surface area contributed by atoms with Gasteiger partial charge in [0.2, 0.25) is 0 Å². The molecule has 5 rings (SSSR count). The van der Waals surface area contributed by atoms with Crippen molar-refractivity contribution in [2.24, 2.45) is 0 Å². The zero-order valence-electron chi connectivity index (χ0n) is 21.4. The van der Waals surface area contributed by atoms with E-state index in [9.17, 15) is 10.3 Å². The fraction of sp³-hybridized carbons (Fsp3) is 0.276. The summed E-state index contributed by atoms with van der Waals surface area (Å²) in [4.78, 5) is 4.63. The number of ether oxygens (including phenoxy) is 1. The van der Waals surface area contributed by atoms with Crippen molar-refractivity contribution >= 4 is 33.1 Å². The molecule has 1 unspecified atom stereocenters. The molecular weight excluding hydrogens is 486 g/mol. The number of hydrogen-bond acceptors (Lipinski definition) is 5. The van der Waals surface area contributed by atoms with Crippen LogP contribution in [0.15, 0.2) is 67.0 Å². The number of pyridine rings is 1. The molecule has 0 amide bonds. The van der Waals surface area contributed by atoms with Crippen molar-refractivity contribution in [2.75, 3.05) is 30.1 Å². The monoisotopic (exact) mass is 520 g/mol. The van der Waals surface area contributed by atoms with Crippen LogP contribution >= 0.6 is 10.3 Å². The second kappa shape index (κ2) is 10.2. The summed E-state index contributed by atoms with van der Waals surface area (Å²) in [6.07, 6.45) is 12.4. The van der Waals surface area contributed by atoms with Gasteiger partial charge < -0.3 is 19.0 Å². The third-order valence-corrected chi connectivity index (χ3v) is 7.41. The number of aromatic nitrogens is 2. The lowest BCUT2D eigenvalue weighted by Gasteiger charge is -2.25. The SMILES string of the molecule is CCOc1ccc2c(c1C(O)n1cc(-c3cccc(N(O)CS(C)(C)[OH2+])c3)c3cccnc31)CCC=C2. The highest BCUT2D eigenvalue weighted by Gasteiger charge is 2.26. The van der Waals surface area contributed by atoms with Gasteiger partial charge in [-0.15, -0.1) is 0 Å². The first-order chi connectivity index (χ1) is 17.8. The second-order valence-corrected chi connectivity index (χ2v) is 13.1. The first kappa shape index (κ1) is 25.4. The smallest absolute Gasteiger partial charge is 0.162 e. The molecule has 0 saturated carbocycles. The van der Waals surface area contributed by atoms with Crippen LogP contribution in [0.5, 0.6) is 5.75 Å². The van der Waals surface area contributed by atoms with Crippen molar-refractivity contribution in [2.45, 2.75) is 26.0 Å². The summed E-state index contributed by atoms with van der Waals surface area (Å²) in [6, 6.07) is 15.5. The van der Waals surface area contributed by atoms with Crippen molar-refractivity contribution in [1.82, 2.24) is 9.55 Å². The van der Waals surface area contributed by atoms with Gasteiger partial charge in [-0.3, -0.25) is 5.21 Å². The van der Waals surface area contributed by atoms with Crippen LogP contribution in [0.25, 0.3) is 28.2 Å². The maximum atomic E-state index is 11.8. The molecule has 2 aromatic heterocycles. The number of fused-ring (bicyclic) bond motifs is 2. The molecule has 8 heteroatoms. The Balaban J connectivity index is 1.62. The van der Waals surface area contributed by atoms with Crippen LogP contribution in [-0.2, 0) is 6.42 Å². The van der Waals surface area contributed by atoms with E-state index in [0.717, 1.165) is 51.1 Å². The van der Waals surface area contributed by atoms with Crippen molar-refractivity contribution in [3.8, 4) is 16.9 Å². The minimum absolute atomic E-state index is 0.256. The normalized spacial score (nSPS) is 14.4. The number of aliphatic hydroxyl groups excluding tert-OH is 1. The highest BCUT2D eigenvalue weighted by Crippen LogP contribution is 2.40. The van der Waals surface area contributed by atoms with Crippen molar-refractivity contribution in [1.29, 1.82) is 0 Å². The predicted octanol–water partition coefficient (Wildman–Crippen LogP) is 5.46. The number of allylic oxidation sites excluding steroid dienone is 1. The molecule has 7 nitrogen and oxygen atoms in total. The molecule has 194 valence electrons. The zero-order chi connectivity index (χ0) is 26.2. The van der Waals surface area contributed by atoms with Crippen LogP contribution in [0, 0.1) is 0 Å². The van der Waals surface area contributed by atoms with Crippen molar-refractivity contribution in [3.05, 3.63) is 83.7 Å². The minimum Gasteiger partial charge on any atom is -0.493 e. The summed E-state index contributed by atoms with van der Waals surface area (Å²) in [5.74, 6) is 0.938. The molecule has 1 aliphatic carbocycles. The Bertz CT molecular complexity index is 1460. The van der Waals surface area contributed by atoms with E-state index in [0.29, 0.717) is 23.7 Å².